The van der Waals surface area contributed by atoms with E-state index in [4.69, 9.17) is 73.0 Å². The zero-order chi connectivity index (χ0) is 18.9. The Kier molecular flexibility index (Phi) is 10.8. The first kappa shape index (κ1) is 23.9. The first-order valence-corrected chi connectivity index (χ1v) is 16.2. The lowest BCUT2D eigenvalue weighted by molar-refractivity contribution is -0.00628. The van der Waals surface area contributed by atoms with Crippen molar-refractivity contribution in [1.82, 2.24) is 0 Å². The van der Waals surface area contributed by atoms with Gasteiger partial charge in [-0.1, -0.05) is 0 Å². The van der Waals surface area contributed by atoms with Crippen LogP contribution in [0.4, 0.5) is 0 Å². The van der Waals surface area contributed by atoms with Gasteiger partial charge in [0.05, 0.1) is 66.1 Å². The fourth-order valence-corrected chi connectivity index (χ4v) is 16.5. The predicted molar refractivity (Wildman–Crippen MR) is 107 cm³/mol. The number of rotatable bonds is 0. The molecule has 2 aliphatic rings. The molecule has 2 atom stereocenters. The Balaban J connectivity index is 2.03. The highest BCUT2D eigenvalue weighted by atomic mass is 35.9. The monoisotopic (exact) mass is 511 g/mol. The van der Waals surface area contributed by atoms with E-state index in [2.05, 4.69) is 13.5 Å². The summed E-state index contributed by atoms with van der Waals surface area (Å²) in [6.07, 6.45) is 0. The molecule has 2 unspecified atom stereocenters. The van der Waals surface area contributed by atoms with Gasteiger partial charge in [-0.15, -0.1) is 0 Å². The molecule has 0 aromatic heterocycles. The molecule has 2 heterocycles. The standard InChI is InChI=1S/C10H20Cl4N3O6P3/c11-24(12)15-25(13)17-26(14,16-24)23-10-8-21-6-4-19-2-1-18-3-5-20-7-9-22-25/h1-10H2. The van der Waals surface area contributed by atoms with Gasteiger partial charge in [-0.05, 0) is 45.0 Å². The predicted octanol–water partition coefficient (Wildman–Crippen LogP) is 5.91. The van der Waals surface area contributed by atoms with Crippen LogP contribution in [0.2, 0.25) is 0 Å². The molecule has 0 spiro atoms. The van der Waals surface area contributed by atoms with E-state index in [0.29, 0.717) is 39.6 Å². The average molecular weight is 513 g/mol. The second-order valence-electron chi connectivity index (χ2n) is 4.79. The average Bonchev–Trinajstić information content (AvgIpc) is 2.51. The molecule has 0 fully saturated rings. The van der Waals surface area contributed by atoms with Crippen LogP contribution in [0.15, 0.2) is 13.5 Å². The van der Waals surface area contributed by atoms with Crippen molar-refractivity contribution in [3.63, 3.8) is 0 Å². The molecule has 0 aliphatic carbocycles. The minimum Gasteiger partial charge on any atom is -0.377 e. The van der Waals surface area contributed by atoms with Crippen LogP contribution in [-0.4, -0.2) is 66.1 Å². The quantitative estimate of drug-likeness (QED) is 0.375. The number of hydrogen-bond donors (Lipinski definition) is 0. The van der Waals surface area contributed by atoms with Gasteiger partial charge >= 0.3 is 13.6 Å². The first-order valence-electron chi connectivity index (χ1n) is 7.63. The van der Waals surface area contributed by atoms with Crippen molar-refractivity contribution in [1.29, 1.82) is 0 Å². The van der Waals surface area contributed by atoms with Crippen LogP contribution in [0.3, 0.4) is 0 Å². The van der Waals surface area contributed by atoms with Crippen molar-refractivity contribution in [2.45, 2.75) is 0 Å². The Morgan fingerprint density at radius 1 is 0.462 bits per heavy atom. The third-order valence-corrected chi connectivity index (χ3v) is 14.5. The van der Waals surface area contributed by atoms with Crippen molar-refractivity contribution in [2.24, 2.45) is 13.5 Å². The highest BCUT2D eigenvalue weighted by molar-refractivity contribution is 8.16. The van der Waals surface area contributed by atoms with E-state index in [-0.39, 0.29) is 26.4 Å². The topological polar surface area (TPSA) is 92.5 Å². The van der Waals surface area contributed by atoms with Gasteiger partial charge in [0.1, 0.15) is 0 Å². The summed E-state index contributed by atoms with van der Waals surface area (Å²) in [6.45, 7) is -2.89. The van der Waals surface area contributed by atoms with Crippen LogP contribution in [0, 0.1) is 0 Å². The van der Waals surface area contributed by atoms with Crippen LogP contribution in [-0.2, 0) is 28.0 Å². The molecule has 0 saturated heterocycles. The molecule has 26 heavy (non-hydrogen) atoms. The normalized spacial score (nSPS) is 35.5. The Labute approximate surface area is 171 Å². The molecule has 0 aromatic carbocycles. The molecule has 0 saturated carbocycles. The summed E-state index contributed by atoms with van der Waals surface area (Å²) in [5, 5.41) is 0. The lowest BCUT2D eigenvalue weighted by Gasteiger charge is -2.24. The summed E-state index contributed by atoms with van der Waals surface area (Å²) in [6, 6.07) is 0. The molecule has 2 rings (SSSR count). The maximum Gasteiger partial charge on any atom is 0.300 e. The lowest BCUT2D eigenvalue weighted by atomic mass is 10.7. The third-order valence-electron chi connectivity index (χ3n) is 2.74. The third kappa shape index (κ3) is 9.41. The molecule has 0 aromatic rings. The largest absolute Gasteiger partial charge is 0.377 e. The molecular formula is C10H20Cl4N3O6P3. The van der Waals surface area contributed by atoms with Gasteiger partial charge in [0.15, 0.2) is 0 Å². The zero-order valence-electron chi connectivity index (χ0n) is 13.7. The second-order valence-corrected chi connectivity index (χ2v) is 16.2. The fraction of sp³-hybridized carbons (Fsp3) is 1.00. The summed E-state index contributed by atoms with van der Waals surface area (Å²) in [5.41, 5.74) is 0. The number of fused-ring (bicyclic) bond motifs is 1. The van der Waals surface area contributed by atoms with Gasteiger partial charge < -0.3 is 28.0 Å². The summed E-state index contributed by atoms with van der Waals surface area (Å²) >= 11 is 25.0. The maximum absolute atomic E-state index is 6.37. The van der Waals surface area contributed by atoms with E-state index < -0.39 is 19.5 Å². The molecule has 9 nitrogen and oxygen atoms in total. The minimum absolute atomic E-state index is 0.140. The Bertz CT molecular complexity index is 599. The summed E-state index contributed by atoms with van der Waals surface area (Å²) in [7, 11) is 0. The molecule has 0 N–H and O–H groups in total. The molecule has 0 amide bonds. The van der Waals surface area contributed by atoms with E-state index in [1.807, 2.05) is 0 Å². The van der Waals surface area contributed by atoms with Crippen LogP contribution in [0.5, 0.6) is 0 Å². The minimum atomic E-state index is -3.18. The van der Waals surface area contributed by atoms with Crippen LogP contribution in [0.1, 0.15) is 0 Å². The molecular weight excluding hydrogens is 493 g/mol. The zero-order valence-corrected chi connectivity index (χ0v) is 19.4. The number of hydrogen-bond acceptors (Lipinski definition) is 9. The Morgan fingerprint density at radius 3 is 1.23 bits per heavy atom. The van der Waals surface area contributed by atoms with E-state index in [9.17, 15) is 0 Å². The summed E-state index contributed by atoms with van der Waals surface area (Å²) in [4.78, 5) is 0. The number of nitrogens with zero attached hydrogens (tertiary/aromatic N) is 3. The van der Waals surface area contributed by atoms with Gasteiger partial charge in [0.25, 0.3) is 5.91 Å². The van der Waals surface area contributed by atoms with E-state index >= 15 is 0 Å². The highest BCUT2D eigenvalue weighted by Crippen LogP contribution is 2.85. The Morgan fingerprint density at radius 2 is 0.808 bits per heavy atom. The van der Waals surface area contributed by atoms with Gasteiger partial charge in [0.2, 0.25) is 0 Å². The highest BCUT2D eigenvalue weighted by Gasteiger charge is 2.35. The van der Waals surface area contributed by atoms with Crippen molar-refractivity contribution >= 4 is 64.4 Å². The maximum atomic E-state index is 6.37. The number of ether oxygens (including phenoxy) is 4. The van der Waals surface area contributed by atoms with Gasteiger partial charge in [-0.25, -0.2) is 0 Å². The molecule has 2 bridgehead atoms. The van der Waals surface area contributed by atoms with Crippen molar-refractivity contribution in [3.8, 4) is 0 Å². The van der Waals surface area contributed by atoms with Gasteiger partial charge in [0, 0.05) is 0 Å². The van der Waals surface area contributed by atoms with E-state index in [0.717, 1.165) is 0 Å². The van der Waals surface area contributed by atoms with Crippen LogP contribution >= 0.6 is 64.4 Å². The Hall–Kier alpha value is 1.61. The van der Waals surface area contributed by atoms with E-state index in [1.54, 1.807) is 0 Å². The first-order chi connectivity index (χ1) is 12.3. The lowest BCUT2D eigenvalue weighted by Crippen LogP contribution is -2.13. The number of halogens is 4. The molecule has 154 valence electrons. The van der Waals surface area contributed by atoms with Crippen molar-refractivity contribution in [3.05, 3.63) is 0 Å². The smallest absolute Gasteiger partial charge is 0.300 e. The van der Waals surface area contributed by atoms with Gasteiger partial charge in [-0.3, -0.25) is 0 Å². The molecule has 0 radical (unpaired) electrons. The van der Waals surface area contributed by atoms with Gasteiger partial charge in [-0.2, -0.15) is 13.5 Å². The van der Waals surface area contributed by atoms with Crippen LogP contribution in [0.25, 0.3) is 0 Å². The van der Waals surface area contributed by atoms with Crippen LogP contribution < -0.4 is 0 Å². The molecule has 16 heteroatoms. The summed E-state index contributed by atoms with van der Waals surface area (Å²) < 4.78 is 44.9. The van der Waals surface area contributed by atoms with Crippen molar-refractivity contribution < 1.29 is 28.0 Å². The molecule has 2 aliphatic heterocycles. The van der Waals surface area contributed by atoms with Crippen molar-refractivity contribution in [2.75, 3.05) is 66.1 Å². The fourth-order valence-electron chi connectivity index (χ4n) is 1.74. The van der Waals surface area contributed by atoms with E-state index in [1.165, 1.54) is 0 Å². The SMILES string of the molecule is ClP1(Cl)=NP2(Cl)=NP(Cl)(=N1)OCCOCCOCCOCCOCCO2. The second kappa shape index (κ2) is 11.7. The summed E-state index contributed by atoms with van der Waals surface area (Å²) in [5.74, 6) is -3.14.